The van der Waals surface area contributed by atoms with Crippen molar-refractivity contribution in [2.75, 3.05) is 26.8 Å². The summed E-state index contributed by atoms with van der Waals surface area (Å²) in [7, 11) is 1.93. The second kappa shape index (κ2) is 3.68. The predicted octanol–water partition coefficient (Wildman–Crippen LogP) is -0.172. The number of Topliss-reactive ketones (excluding diaryl/α,β-unsaturated/α-hetero) is 1. The number of rotatable bonds is 2. The minimum Gasteiger partial charge on any atom is -0.307 e. The first-order chi connectivity index (χ1) is 4.83. The average molecular weight is 142 g/mol. The largest absolute Gasteiger partial charge is 0.307 e. The molecule has 1 N–H and O–H groups in total. The smallest absolute Gasteiger partial charge is 0.135 e. The number of hydrogen-bond acceptors (Lipinski definition) is 3. The predicted molar refractivity (Wildman–Crippen MR) is 39.7 cm³/mol. The molecular weight excluding hydrogens is 128 g/mol. The lowest BCUT2D eigenvalue weighted by Crippen LogP contribution is -2.38. The zero-order valence-electron chi connectivity index (χ0n) is 6.39. The Morgan fingerprint density at radius 3 is 2.60 bits per heavy atom. The molecule has 58 valence electrons. The van der Waals surface area contributed by atoms with Crippen LogP contribution in [0.5, 0.6) is 0 Å². The Labute approximate surface area is 61.4 Å². The van der Waals surface area contributed by atoms with Crippen molar-refractivity contribution in [3.63, 3.8) is 0 Å². The fourth-order valence-corrected chi connectivity index (χ4v) is 1.18. The van der Waals surface area contributed by atoms with Gasteiger partial charge in [0.05, 0.1) is 0 Å². The van der Waals surface area contributed by atoms with Gasteiger partial charge in [0.15, 0.2) is 0 Å². The first kappa shape index (κ1) is 7.69. The molecule has 1 aliphatic heterocycles. The van der Waals surface area contributed by atoms with Crippen molar-refractivity contribution >= 4 is 5.78 Å². The lowest BCUT2D eigenvalue weighted by atomic mass is 10.1. The molecule has 0 unspecified atom stereocenters. The molecule has 0 bridgehead atoms. The fourth-order valence-electron chi connectivity index (χ4n) is 1.18. The molecule has 0 saturated carbocycles. The van der Waals surface area contributed by atoms with Crippen LogP contribution >= 0.6 is 0 Å². The number of carbonyl (C=O) groups excluding carboxylic acids is 1. The maximum atomic E-state index is 10.8. The highest BCUT2D eigenvalue weighted by molar-refractivity contribution is 5.79. The van der Waals surface area contributed by atoms with E-state index in [9.17, 15) is 4.79 Å². The molecule has 0 amide bonds. The van der Waals surface area contributed by atoms with Gasteiger partial charge in [-0.3, -0.25) is 9.69 Å². The summed E-state index contributed by atoms with van der Waals surface area (Å²) in [5, 5.41) is 3.07. The third kappa shape index (κ3) is 2.08. The molecule has 1 saturated heterocycles. The molecule has 3 heteroatoms. The minimum atomic E-state index is 0.410. The van der Waals surface area contributed by atoms with E-state index in [0.29, 0.717) is 5.78 Å². The van der Waals surface area contributed by atoms with Gasteiger partial charge < -0.3 is 5.32 Å². The number of hydrogen-bond donors (Lipinski definition) is 1. The van der Waals surface area contributed by atoms with Gasteiger partial charge in [-0.25, -0.2) is 0 Å². The first-order valence-electron chi connectivity index (χ1n) is 3.71. The Hall–Kier alpha value is -0.410. The van der Waals surface area contributed by atoms with Crippen LogP contribution < -0.4 is 5.32 Å². The number of carbonyl (C=O) groups is 1. The van der Waals surface area contributed by atoms with Crippen LogP contribution in [0, 0.1) is 0 Å². The fraction of sp³-hybridized carbons (Fsp3) is 0.857. The van der Waals surface area contributed by atoms with Gasteiger partial charge in [0.25, 0.3) is 0 Å². The Morgan fingerprint density at radius 2 is 2.10 bits per heavy atom. The summed E-state index contributed by atoms with van der Waals surface area (Å²) < 4.78 is 0. The van der Waals surface area contributed by atoms with Crippen molar-refractivity contribution in [3.05, 3.63) is 0 Å². The molecule has 1 heterocycles. The topological polar surface area (TPSA) is 32.3 Å². The second-order valence-electron chi connectivity index (χ2n) is 2.67. The summed E-state index contributed by atoms with van der Waals surface area (Å²) >= 11 is 0. The van der Waals surface area contributed by atoms with Gasteiger partial charge in [0, 0.05) is 32.6 Å². The molecule has 10 heavy (non-hydrogen) atoms. The monoisotopic (exact) mass is 142 g/mol. The number of likely N-dealkylation sites (tertiary alicyclic amines) is 1. The third-order valence-electron chi connectivity index (χ3n) is 1.80. The number of nitrogens with one attached hydrogen (secondary N) is 1. The van der Waals surface area contributed by atoms with Gasteiger partial charge in [0.2, 0.25) is 0 Å². The standard InChI is InChI=1S/C7H14N2O/c1-8-6-9-4-2-7(10)3-5-9/h8H,2-6H2,1H3. The lowest BCUT2D eigenvalue weighted by molar-refractivity contribution is -0.121. The van der Waals surface area contributed by atoms with E-state index in [1.165, 1.54) is 0 Å². The molecule has 0 aromatic carbocycles. The van der Waals surface area contributed by atoms with Crippen LogP contribution in [0.25, 0.3) is 0 Å². The maximum absolute atomic E-state index is 10.8. The Kier molecular flexibility index (Phi) is 2.83. The average Bonchev–Trinajstić information content (AvgIpc) is 1.95. The van der Waals surface area contributed by atoms with Crippen LogP contribution in [0.15, 0.2) is 0 Å². The number of ketones is 1. The van der Waals surface area contributed by atoms with Crippen LogP contribution in [0.3, 0.4) is 0 Å². The van der Waals surface area contributed by atoms with E-state index < -0.39 is 0 Å². The SMILES string of the molecule is CNCN1CCC(=O)CC1. The first-order valence-corrected chi connectivity index (χ1v) is 3.71. The van der Waals surface area contributed by atoms with E-state index in [4.69, 9.17) is 0 Å². The van der Waals surface area contributed by atoms with E-state index in [1.54, 1.807) is 0 Å². The van der Waals surface area contributed by atoms with Crippen molar-refractivity contribution in [1.29, 1.82) is 0 Å². The molecule has 1 fully saturated rings. The van der Waals surface area contributed by atoms with E-state index in [1.807, 2.05) is 7.05 Å². The van der Waals surface area contributed by atoms with Crippen LogP contribution in [-0.2, 0) is 4.79 Å². The summed E-state index contributed by atoms with van der Waals surface area (Å²) in [6.07, 6.45) is 1.48. The number of nitrogens with zero attached hydrogens (tertiary/aromatic N) is 1. The van der Waals surface area contributed by atoms with Gasteiger partial charge in [-0.2, -0.15) is 0 Å². The minimum absolute atomic E-state index is 0.410. The van der Waals surface area contributed by atoms with Crippen LogP contribution in [0.4, 0.5) is 0 Å². The Bertz CT molecular complexity index is 115. The quantitative estimate of drug-likeness (QED) is 0.581. The van der Waals surface area contributed by atoms with Gasteiger partial charge in [-0.05, 0) is 7.05 Å². The summed E-state index contributed by atoms with van der Waals surface area (Å²) in [6, 6.07) is 0. The lowest BCUT2D eigenvalue weighted by Gasteiger charge is -2.24. The normalized spacial score (nSPS) is 21.5. The molecule has 0 aromatic heterocycles. The van der Waals surface area contributed by atoms with Crippen LogP contribution in [0.1, 0.15) is 12.8 Å². The zero-order chi connectivity index (χ0) is 7.40. The molecule has 0 atom stereocenters. The summed E-state index contributed by atoms with van der Waals surface area (Å²) in [5.74, 6) is 0.410. The highest BCUT2D eigenvalue weighted by Gasteiger charge is 2.14. The van der Waals surface area contributed by atoms with Gasteiger partial charge in [0.1, 0.15) is 5.78 Å². The van der Waals surface area contributed by atoms with Gasteiger partial charge in [-0.1, -0.05) is 0 Å². The molecule has 0 aromatic rings. The van der Waals surface area contributed by atoms with E-state index in [2.05, 4.69) is 10.2 Å². The van der Waals surface area contributed by atoms with Crippen molar-refractivity contribution in [2.24, 2.45) is 0 Å². The molecule has 0 spiro atoms. The van der Waals surface area contributed by atoms with Gasteiger partial charge in [-0.15, -0.1) is 0 Å². The number of piperidine rings is 1. The molecular formula is C7H14N2O. The Morgan fingerprint density at radius 1 is 1.50 bits per heavy atom. The van der Waals surface area contributed by atoms with Crippen molar-refractivity contribution in [1.82, 2.24) is 10.2 Å². The molecule has 0 radical (unpaired) electrons. The van der Waals surface area contributed by atoms with Crippen LogP contribution in [-0.4, -0.2) is 37.5 Å². The van der Waals surface area contributed by atoms with E-state index >= 15 is 0 Å². The van der Waals surface area contributed by atoms with Crippen molar-refractivity contribution in [3.8, 4) is 0 Å². The summed E-state index contributed by atoms with van der Waals surface area (Å²) in [5.41, 5.74) is 0. The summed E-state index contributed by atoms with van der Waals surface area (Å²) in [4.78, 5) is 13.0. The van der Waals surface area contributed by atoms with Gasteiger partial charge >= 0.3 is 0 Å². The van der Waals surface area contributed by atoms with E-state index in [0.717, 1.165) is 32.6 Å². The maximum Gasteiger partial charge on any atom is 0.135 e. The molecule has 1 aliphatic rings. The highest BCUT2D eigenvalue weighted by atomic mass is 16.1. The molecule has 3 nitrogen and oxygen atoms in total. The van der Waals surface area contributed by atoms with Crippen molar-refractivity contribution in [2.45, 2.75) is 12.8 Å². The van der Waals surface area contributed by atoms with Crippen LogP contribution in [0.2, 0.25) is 0 Å². The zero-order valence-corrected chi connectivity index (χ0v) is 6.39. The molecule has 0 aliphatic carbocycles. The van der Waals surface area contributed by atoms with Crippen molar-refractivity contribution < 1.29 is 4.79 Å². The third-order valence-corrected chi connectivity index (χ3v) is 1.80. The summed E-state index contributed by atoms with van der Waals surface area (Å²) in [6.45, 7) is 2.77. The Balaban J connectivity index is 2.19. The molecule has 1 rings (SSSR count). The highest BCUT2D eigenvalue weighted by Crippen LogP contribution is 2.03. The van der Waals surface area contributed by atoms with E-state index in [-0.39, 0.29) is 0 Å². The second-order valence-corrected chi connectivity index (χ2v) is 2.67.